The first kappa shape index (κ1) is 15.4. The molecule has 0 bridgehead atoms. The summed E-state index contributed by atoms with van der Waals surface area (Å²) in [6, 6.07) is 12.8. The average molecular weight is 305 g/mol. The summed E-state index contributed by atoms with van der Waals surface area (Å²) in [5.74, 6) is -0.250. The van der Waals surface area contributed by atoms with Crippen LogP contribution in [0, 0.1) is 0 Å². The van der Waals surface area contributed by atoms with Crippen molar-refractivity contribution in [3.05, 3.63) is 64.2 Å². The molecule has 5 heteroatoms. The van der Waals surface area contributed by atoms with Crippen molar-refractivity contribution in [3.63, 3.8) is 0 Å². The van der Waals surface area contributed by atoms with E-state index < -0.39 is 0 Å². The Morgan fingerprint density at radius 2 is 1.90 bits per heavy atom. The number of ether oxygens (including phenoxy) is 1. The molecule has 3 N–H and O–H groups in total. The van der Waals surface area contributed by atoms with Gasteiger partial charge in [-0.3, -0.25) is 4.79 Å². The van der Waals surface area contributed by atoms with Crippen LogP contribution < -0.4 is 11.1 Å². The quantitative estimate of drug-likeness (QED) is 0.835. The predicted molar refractivity (Wildman–Crippen MR) is 84.2 cm³/mol. The number of benzene rings is 2. The Kier molecular flexibility index (Phi) is 5.20. The molecule has 2 rings (SSSR count). The molecule has 0 heterocycles. The third kappa shape index (κ3) is 3.74. The number of nitrogens with two attached hydrogens (primary N) is 1. The van der Waals surface area contributed by atoms with E-state index in [-0.39, 0.29) is 10.9 Å². The first-order chi connectivity index (χ1) is 10.1. The van der Waals surface area contributed by atoms with E-state index in [1.54, 1.807) is 25.3 Å². The molecule has 0 atom stereocenters. The number of methoxy groups -OCH3 is 1. The highest BCUT2D eigenvalue weighted by Gasteiger charge is 2.12. The van der Waals surface area contributed by atoms with Crippen LogP contribution in [0.5, 0.6) is 0 Å². The summed E-state index contributed by atoms with van der Waals surface area (Å²) in [5.41, 5.74) is 8.52. The fourth-order valence-corrected chi connectivity index (χ4v) is 2.23. The van der Waals surface area contributed by atoms with E-state index in [0.717, 1.165) is 11.1 Å². The molecule has 0 unspecified atom stereocenters. The van der Waals surface area contributed by atoms with Crippen molar-refractivity contribution in [2.75, 3.05) is 12.8 Å². The minimum Gasteiger partial charge on any atom is -0.398 e. The molecule has 1 amide bonds. The van der Waals surface area contributed by atoms with Crippen LogP contribution in [0.25, 0.3) is 0 Å². The van der Waals surface area contributed by atoms with Gasteiger partial charge in [-0.25, -0.2) is 0 Å². The van der Waals surface area contributed by atoms with Crippen molar-refractivity contribution in [1.29, 1.82) is 0 Å². The number of carbonyl (C=O) groups is 1. The summed E-state index contributed by atoms with van der Waals surface area (Å²) >= 11 is 6.05. The summed E-state index contributed by atoms with van der Waals surface area (Å²) in [5, 5.41) is 3.13. The van der Waals surface area contributed by atoms with Crippen LogP contribution in [0.2, 0.25) is 5.02 Å². The van der Waals surface area contributed by atoms with Gasteiger partial charge < -0.3 is 15.8 Å². The second kappa shape index (κ2) is 7.11. The molecule has 0 spiro atoms. The average Bonchev–Trinajstić information content (AvgIpc) is 2.49. The van der Waals surface area contributed by atoms with Crippen LogP contribution in [-0.4, -0.2) is 13.0 Å². The second-order valence-corrected chi connectivity index (χ2v) is 4.97. The van der Waals surface area contributed by atoms with Gasteiger partial charge in [-0.05, 0) is 23.3 Å². The van der Waals surface area contributed by atoms with Gasteiger partial charge in [0.25, 0.3) is 5.91 Å². The Labute approximate surface area is 128 Å². The number of rotatable bonds is 5. The van der Waals surface area contributed by atoms with Crippen molar-refractivity contribution < 1.29 is 9.53 Å². The molecule has 110 valence electrons. The first-order valence-electron chi connectivity index (χ1n) is 6.51. The zero-order valence-corrected chi connectivity index (χ0v) is 12.5. The van der Waals surface area contributed by atoms with Crippen molar-refractivity contribution in [3.8, 4) is 0 Å². The van der Waals surface area contributed by atoms with E-state index in [9.17, 15) is 4.79 Å². The molecule has 0 saturated heterocycles. The topological polar surface area (TPSA) is 64.3 Å². The minimum atomic E-state index is -0.250. The Bertz CT molecular complexity index is 644. The minimum absolute atomic E-state index is 0.250. The van der Waals surface area contributed by atoms with Crippen LogP contribution in [-0.2, 0) is 17.9 Å². The molecular formula is C16H17ClN2O2. The number of carbonyl (C=O) groups excluding carboxylic acids is 1. The third-order valence-corrected chi connectivity index (χ3v) is 3.55. The monoisotopic (exact) mass is 304 g/mol. The molecule has 2 aromatic carbocycles. The van der Waals surface area contributed by atoms with Crippen LogP contribution >= 0.6 is 11.6 Å². The Morgan fingerprint density at radius 3 is 2.62 bits per heavy atom. The Morgan fingerprint density at radius 1 is 1.19 bits per heavy atom. The number of anilines is 1. The molecule has 0 aromatic heterocycles. The number of nitrogen functional groups attached to an aromatic ring is 1. The number of hydrogen-bond donors (Lipinski definition) is 2. The molecule has 0 saturated carbocycles. The fraction of sp³-hybridized carbons (Fsp3) is 0.188. The summed E-state index contributed by atoms with van der Waals surface area (Å²) in [6.07, 6.45) is 0. The fourth-order valence-electron chi connectivity index (χ4n) is 2.02. The molecule has 0 aliphatic heterocycles. The van der Waals surface area contributed by atoms with E-state index in [0.29, 0.717) is 24.4 Å². The van der Waals surface area contributed by atoms with Gasteiger partial charge in [0, 0.05) is 13.7 Å². The molecule has 21 heavy (non-hydrogen) atoms. The lowest BCUT2D eigenvalue weighted by Gasteiger charge is -2.11. The maximum atomic E-state index is 12.2. The van der Waals surface area contributed by atoms with Gasteiger partial charge in [0.05, 0.1) is 22.9 Å². The van der Waals surface area contributed by atoms with Crippen molar-refractivity contribution in [1.82, 2.24) is 5.32 Å². The molecule has 2 aromatic rings. The normalized spacial score (nSPS) is 10.4. The van der Waals surface area contributed by atoms with Gasteiger partial charge in [0.1, 0.15) is 0 Å². The van der Waals surface area contributed by atoms with Gasteiger partial charge in [-0.2, -0.15) is 0 Å². The molecule has 0 aliphatic rings. The molecule has 0 aliphatic carbocycles. The highest BCUT2D eigenvalue weighted by molar-refractivity contribution is 6.36. The summed E-state index contributed by atoms with van der Waals surface area (Å²) < 4.78 is 5.14. The van der Waals surface area contributed by atoms with E-state index in [2.05, 4.69) is 5.32 Å². The van der Waals surface area contributed by atoms with Gasteiger partial charge in [0.15, 0.2) is 0 Å². The van der Waals surface area contributed by atoms with Crippen molar-refractivity contribution in [2.24, 2.45) is 0 Å². The zero-order valence-electron chi connectivity index (χ0n) is 11.7. The maximum absolute atomic E-state index is 12.2. The predicted octanol–water partition coefficient (Wildman–Crippen LogP) is 3.00. The first-order valence-corrected chi connectivity index (χ1v) is 6.89. The second-order valence-electron chi connectivity index (χ2n) is 4.59. The Balaban J connectivity index is 2.09. The highest BCUT2D eigenvalue weighted by atomic mass is 35.5. The van der Waals surface area contributed by atoms with Crippen LogP contribution in [0.1, 0.15) is 21.5 Å². The van der Waals surface area contributed by atoms with E-state index >= 15 is 0 Å². The largest absolute Gasteiger partial charge is 0.398 e. The van der Waals surface area contributed by atoms with Crippen molar-refractivity contribution >= 4 is 23.2 Å². The summed E-state index contributed by atoms with van der Waals surface area (Å²) in [4.78, 5) is 12.2. The Hall–Kier alpha value is -2.04. The molecule has 4 nitrogen and oxygen atoms in total. The van der Waals surface area contributed by atoms with Crippen LogP contribution in [0.3, 0.4) is 0 Å². The molecule has 0 radical (unpaired) electrons. The maximum Gasteiger partial charge on any atom is 0.253 e. The number of amides is 1. The smallest absolute Gasteiger partial charge is 0.253 e. The van der Waals surface area contributed by atoms with E-state index in [1.807, 2.05) is 24.3 Å². The zero-order chi connectivity index (χ0) is 15.2. The van der Waals surface area contributed by atoms with E-state index in [1.165, 1.54) is 0 Å². The lowest BCUT2D eigenvalue weighted by atomic mass is 10.1. The van der Waals surface area contributed by atoms with E-state index in [4.69, 9.17) is 22.1 Å². The number of hydrogen-bond acceptors (Lipinski definition) is 3. The lowest BCUT2D eigenvalue weighted by Crippen LogP contribution is -2.24. The van der Waals surface area contributed by atoms with Gasteiger partial charge in [-0.15, -0.1) is 0 Å². The van der Waals surface area contributed by atoms with Crippen molar-refractivity contribution in [2.45, 2.75) is 13.2 Å². The van der Waals surface area contributed by atoms with Gasteiger partial charge in [0.2, 0.25) is 0 Å². The van der Waals surface area contributed by atoms with Gasteiger partial charge >= 0.3 is 0 Å². The SMILES string of the molecule is COCc1ccccc1CNC(=O)c1cccc(N)c1Cl. The third-order valence-electron chi connectivity index (χ3n) is 3.13. The number of nitrogens with one attached hydrogen (secondary N) is 1. The lowest BCUT2D eigenvalue weighted by molar-refractivity contribution is 0.0950. The standard InChI is InChI=1S/C16H17ClN2O2/c1-21-10-12-6-3-2-5-11(12)9-19-16(20)13-7-4-8-14(18)15(13)17/h2-8H,9-10,18H2,1H3,(H,19,20). The molecular weight excluding hydrogens is 288 g/mol. The highest BCUT2D eigenvalue weighted by Crippen LogP contribution is 2.23. The number of halogens is 1. The summed E-state index contributed by atoms with van der Waals surface area (Å²) in [6.45, 7) is 0.911. The van der Waals surface area contributed by atoms with Gasteiger partial charge in [-0.1, -0.05) is 41.9 Å². The van der Waals surface area contributed by atoms with Crippen LogP contribution in [0.4, 0.5) is 5.69 Å². The van der Waals surface area contributed by atoms with Crippen LogP contribution in [0.15, 0.2) is 42.5 Å². The molecule has 0 fully saturated rings. The summed E-state index contributed by atoms with van der Waals surface area (Å²) in [7, 11) is 1.64.